The smallest absolute Gasteiger partial charge is 2.00 e. The van der Waals surface area contributed by atoms with Gasteiger partial charge in [-0.1, -0.05) is 137 Å². The van der Waals surface area contributed by atoms with Crippen molar-refractivity contribution in [2.75, 3.05) is 0 Å². The van der Waals surface area contributed by atoms with Crippen LogP contribution in [-0.4, -0.2) is 45.8 Å². The summed E-state index contributed by atoms with van der Waals surface area (Å²) < 4.78 is 0. The maximum atomic E-state index is 9.91. The van der Waals surface area contributed by atoms with Gasteiger partial charge in [0, 0.05) is 87.6 Å². The average molecular weight is 1010 g/mol. The van der Waals surface area contributed by atoms with Crippen LogP contribution in [0, 0.1) is 43.8 Å². The number of hydrogen-bond donors (Lipinski definition) is 0. The molecule has 2 aromatic heterocycles. The van der Waals surface area contributed by atoms with E-state index in [1.54, 1.807) is 143 Å². The zero-order chi connectivity index (χ0) is 47.4. The van der Waals surface area contributed by atoms with Crippen LogP contribution in [0.3, 0.4) is 0 Å². The fraction of sp³-hybridized carbons (Fsp3) is 0.595. The van der Waals surface area contributed by atoms with Gasteiger partial charge in [0.15, 0.2) is 0 Å². The molecule has 359 valence electrons. The number of carboxylic acids is 6. The molecule has 0 bridgehead atoms. The summed E-state index contributed by atoms with van der Waals surface area (Å²) in [7, 11) is 0. The first-order chi connectivity index (χ1) is 25.0. The summed E-state index contributed by atoms with van der Waals surface area (Å²) in [6.45, 7) is 30.2. The largest absolute Gasteiger partial charge is 3.00 e. The number of carbonyl (C=O) groups is 6. The van der Waals surface area contributed by atoms with Gasteiger partial charge in [0.25, 0.3) is 0 Å². The summed E-state index contributed by atoms with van der Waals surface area (Å²) in [5.74, 6) is -6.04. The molecule has 1 radical (unpaired) electrons. The molecule has 3 N–H and O–H groups in total. The number of hydrogen-bond acceptors (Lipinski definition) is 15. The van der Waals surface area contributed by atoms with E-state index in [2.05, 4.69) is 9.97 Å². The normalized spacial score (nSPS) is 9.65. The molecule has 0 unspecified atom stereocenters. The molecule has 0 fully saturated rings. The first-order valence-corrected chi connectivity index (χ1v) is 17.5. The summed E-state index contributed by atoms with van der Waals surface area (Å²) in [4.78, 5) is 67.8. The van der Waals surface area contributed by atoms with Crippen molar-refractivity contribution >= 4 is 35.8 Å². The Morgan fingerprint density at radius 1 is 0.452 bits per heavy atom. The van der Waals surface area contributed by atoms with E-state index >= 15 is 0 Å². The minimum Gasteiger partial charge on any atom is -2.00 e. The Labute approximate surface area is 400 Å². The summed E-state index contributed by atoms with van der Waals surface area (Å²) >= 11 is 0. The van der Waals surface area contributed by atoms with E-state index in [0.717, 1.165) is 11.4 Å². The molecule has 0 saturated carbocycles. The minimum absolute atomic E-state index is 0. The molecule has 20 heteroatoms. The third-order valence-electron chi connectivity index (χ3n) is 5.27. The molecule has 0 atom stereocenters. The van der Waals surface area contributed by atoms with Crippen LogP contribution < -0.4 is 30.6 Å². The van der Waals surface area contributed by atoms with E-state index in [-0.39, 0.29) is 61.9 Å². The van der Waals surface area contributed by atoms with E-state index in [1.165, 1.54) is 6.92 Å². The van der Waals surface area contributed by atoms with Gasteiger partial charge < -0.3 is 70.4 Å². The zero-order valence-corrected chi connectivity index (χ0v) is 42.6. The molecule has 0 aliphatic carbocycles. The molecule has 2 heterocycles. The average Bonchev–Trinajstić information content (AvgIpc) is 3.01. The van der Waals surface area contributed by atoms with Crippen LogP contribution in [0.5, 0.6) is 0 Å². The van der Waals surface area contributed by atoms with Gasteiger partial charge in [0.2, 0.25) is 0 Å². The summed E-state index contributed by atoms with van der Waals surface area (Å²) in [6, 6.07) is 13.3. The fourth-order valence-corrected chi connectivity index (χ4v) is 1.03. The molecular weight excluding hydrogens is 941 g/mol. The Bertz CT molecular complexity index is 1290. The zero-order valence-electron chi connectivity index (χ0n) is 39.4. The molecule has 0 spiro atoms. The van der Waals surface area contributed by atoms with Crippen molar-refractivity contribution in [3.63, 3.8) is 0 Å². The van der Waals surface area contributed by atoms with Crippen LogP contribution in [-0.2, 0) is 90.6 Å². The SMILES string of the molecule is CC#N.CC(C)(C)C(=O)[O-].CC(C)(C)C(=O)[O-].CC(C)(C)C(=O)[O-].CC(C)(C)C(=O)[O-].CC(C)(C)C(=O)[O-].CC(C)(C)C(=O)[O-].[Co+3].[Fe+2].[Fe+3].[O-2].[OH3+].c1ccc(-c2ccccn2)nc1. The Morgan fingerprint density at radius 3 is 0.629 bits per heavy atom. The first-order valence-electron chi connectivity index (χ1n) is 17.5. The van der Waals surface area contributed by atoms with Crippen molar-refractivity contribution in [1.82, 2.24) is 9.97 Å². The number of nitriles is 1. The van der Waals surface area contributed by atoms with Crippen molar-refractivity contribution in [2.45, 2.75) is 132 Å². The number of carboxylic acid groups (broad SMARTS) is 6. The topological polar surface area (TPSA) is 352 Å². The summed E-state index contributed by atoms with van der Waals surface area (Å²) in [5, 5.41) is 66.8. The van der Waals surface area contributed by atoms with Crippen molar-refractivity contribution in [3.8, 4) is 17.5 Å². The van der Waals surface area contributed by atoms with Crippen LogP contribution in [0.25, 0.3) is 11.4 Å². The minimum atomic E-state index is -1.01. The van der Waals surface area contributed by atoms with Gasteiger partial charge >= 0.3 is 50.9 Å². The van der Waals surface area contributed by atoms with Crippen molar-refractivity contribution < 1.29 is 121 Å². The molecule has 2 rings (SSSR count). The molecule has 0 aliphatic heterocycles. The molecule has 0 aliphatic rings. The van der Waals surface area contributed by atoms with Gasteiger partial charge in [0.05, 0.1) is 17.5 Å². The molecule has 0 saturated heterocycles. The first kappa shape index (κ1) is 85.4. The molecular formula is C42H68CoFe2N3O14+. The molecule has 2 aromatic rings. The van der Waals surface area contributed by atoms with Gasteiger partial charge in [-0.05, 0) is 24.3 Å². The second kappa shape index (κ2) is 39.9. The van der Waals surface area contributed by atoms with E-state index in [9.17, 15) is 59.4 Å². The Balaban J connectivity index is -0.0000000537. The van der Waals surface area contributed by atoms with Crippen LogP contribution in [0.4, 0.5) is 0 Å². The Morgan fingerprint density at radius 2 is 0.565 bits per heavy atom. The Hall–Kier alpha value is -3.92. The molecule has 17 nitrogen and oxygen atoms in total. The van der Waals surface area contributed by atoms with Crippen LogP contribution in [0.2, 0.25) is 0 Å². The summed E-state index contributed by atoms with van der Waals surface area (Å²) in [6.07, 6.45) is 3.54. The van der Waals surface area contributed by atoms with Gasteiger partial charge in [-0.15, -0.1) is 0 Å². The second-order valence-corrected chi connectivity index (χ2v) is 17.9. The quantitative estimate of drug-likeness (QED) is 0.274. The monoisotopic (exact) mass is 1010 g/mol. The van der Waals surface area contributed by atoms with Crippen molar-refractivity contribution in [2.24, 2.45) is 32.5 Å². The molecule has 0 aromatic carbocycles. The van der Waals surface area contributed by atoms with Gasteiger partial charge in [-0.25, -0.2) is 0 Å². The van der Waals surface area contributed by atoms with Crippen molar-refractivity contribution in [1.29, 1.82) is 5.26 Å². The Kier molecular flexibility index (Phi) is 54.9. The number of aromatic nitrogens is 2. The van der Waals surface area contributed by atoms with Gasteiger partial charge in [-0.2, -0.15) is 5.26 Å². The van der Waals surface area contributed by atoms with Crippen LogP contribution in [0.1, 0.15) is 132 Å². The third kappa shape index (κ3) is 62.7. The van der Waals surface area contributed by atoms with Crippen molar-refractivity contribution in [3.05, 3.63) is 48.8 Å². The number of rotatable bonds is 1. The second-order valence-electron chi connectivity index (χ2n) is 17.9. The number of carbonyl (C=O) groups excluding carboxylic acids is 6. The fourth-order valence-electron chi connectivity index (χ4n) is 1.03. The van der Waals surface area contributed by atoms with E-state index in [4.69, 9.17) is 5.26 Å². The number of aliphatic carboxylic acids is 6. The van der Waals surface area contributed by atoms with E-state index in [1.807, 2.05) is 36.4 Å². The maximum Gasteiger partial charge on any atom is 3.00 e. The van der Waals surface area contributed by atoms with Crippen LogP contribution >= 0.6 is 0 Å². The summed E-state index contributed by atoms with van der Waals surface area (Å²) in [5.41, 5.74) is -2.34. The predicted molar refractivity (Wildman–Crippen MR) is 211 cm³/mol. The number of pyridine rings is 2. The van der Waals surface area contributed by atoms with Gasteiger partial charge in [-0.3, -0.25) is 9.97 Å². The third-order valence-corrected chi connectivity index (χ3v) is 5.27. The van der Waals surface area contributed by atoms with E-state index in [0.29, 0.717) is 0 Å². The maximum absolute atomic E-state index is 9.91. The standard InChI is InChI=1S/C10H8N2.6C5H10O2.C2H3N.Co.2Fe.H2O.O/c1-3-7-11-9(5-1)10-6-2-4-8-12-10;6*1-5(2,3)4(6)7;1-2-3;;;;;/h1-8H;6*1-3H3,(H,6,7);1H3;;;;1H2;/q;;;;;;;;+3;+2;+3;;-2/p-5. The van der Waals surface area contributed by atoms with Gasteiger partial charge in [0.1, 0.15) is 0 Å². The molecule has 62 heavy (non-hydrogen) atoms. The van der Waals surface area contributed by atoms with Crippen LogP contribution in [0.15, 0.2) is 48.8 Å². The number of nitrogens with zero attached hydrogens (tertiary/aromatic N) is 3. The molecule has 0 amide bonds. The predicted octanol–water partition coefficient (Wildman–Crippen LogP) is 0.320. The van der Waals surface area contributed by atoms with E-state index < -0.39 is 68.3 Å².